The number of ether oxygens (including phenoxy) is 1. The fraction of sp³-hybridized carbons (Fsp3) is 1.00. The minimum atomic E-state index is -1.76. The van der Waals surface area contributed by atoms with E-state index in [1.54, 1.807) is 0 Å². The van der Waals surface area contributed by atoms with Crippen LogP contribution in [0.1, 0.15) is 6.92 Å². The van der Waals surface area contributed by atoms with Gasteiger partial charge in [-0.25, -0.2) is 0 Å². The van der Waals surface area contributed by atoms with E-state index in [9.17, 15) is 5.11 Å². The van der Waals surface area contributed by atoms with Crippen molar-refractivity contribution in [3.8, 4) is 0 Å². The molecule has 4 N–H and O–H groups in total. The Kier molecular flexibility index (Phi) is 2.17. The summed E-state index contributed by atoms with van der Waals surface area (Å²) in [5.74, 6) is -1.76. The third kappa shape index (κ3) is 1.38. The summed E-state index contributed by atoms with van der Waals surface area (Å²) in [6.07, 6.45) is -3.49. The van der Waals surface area contributed by atoms with Gasteiger partial charge in [-0.15, -0.1) is 0 Å². The highest BCUT2D eigenvalue weighted by Crippen LogP contribution is 2.27. The molecule has 1 rings (SSSR count). The van der Waals surface area contributed by atoms with Crippen LogP contribution in [0.3, 0.4) is 0 Å². The monoisotopic (exact) mass is 164 g/mol. The van der Waals surface area contributed by atoms with Crippen LogP contribution in [0.2, 0.25) is 0 Å². The van der Waals surface area contributed by atoms with Gasteiger partial charge in [0.15, 0.2) is 5.79 Å². The summed E-state index contributed by atoms with van der Waals surface area (Å²) in [5, 5.41) is 36.0. The number of aliphatic hydroxyl groups excluding tert-OH is 3. The fourth-order valence-electron chi connectivity index (χ4n) is 1.11. The smallest absolute Gasteiger partial charge is 0.192 e. The Morgan fingerprint density at radius 3 is 2.18 bits per heavy atom. The summed E-state index contributed by atoms with van der Waals surface area (Å²) in [5.41, 5.74) is 0. The zero-order valence-electron chi connectivity index (χ0n) is 6.14. The van der Waals surface area contributed by atoms with Crippen molar-refractivity contribution in [2.24, 2.45) is 0 Å². The molecule has 0 saturated carbocycles. The molecule has 0 aromatic rings. The van der Waals surface area contributed by atoms with Crippen LogP contribution in [0.4, 0.5) is 0 Å². The molecule has 0 spiro atoms. The van der Waals surface area contributed by atoms with Crippen molar-refractivity contribution in [2.75, 3.05) is 6.61 Å². The normalized spacial score (nSPS) is 51.5. The molecule has 5 nitrogen and oxygen atoms in total. The first-order chi connectivity index (χ1) is 4.99. The van der Waals surface area contributed by atoms with Gasteiger partial charge in [0.2, 0.25) is 0 Å². The molecule has 1 aliphatic heterocycles. The van der Waals surface area contributed by atoms with Gasteiger partial charge >= 0.3 is 0 Å². The highest BCUT2D eigenvalue weighted by Gasteiger charge is 2.49. The van der Waals surface area contributed by atoms with E-state index in [1.165, 1.54) is 6.92 Å². The maximum atomic E-state index is 9.19. The lowest BCUT2D eigenvalue weighted by atomic mass is 10.1. The van der Waals surface area contributed by atoms with Gasteiger partial charge in [0.1, 0.15) is 18.3 Å². The maximum absolute atomic E-state index is 9.19. The average Bonchev–Trinajstić information content (AvgIpc) is 2.13. The molecular weight excluding hydrogens is 152 g/mol. The van der Waals surface area contributed by atoms with Crippen molar-refractivity contribution in [1.29, 1.82) is 0 Å². The molecule has 4 atom stereocenters. The Hall–Kier alpha value is -0.200. The van der Waals surface area contributed by atoms with Crippen LogP contribution in [0.15, 0.2) is 0 Å². The quantitative estimate of drug-likeness (QED) is 0.353. The van der Waals surface area contributed by atoms with Crippen molar-refractivity contribution in [1.82, 2.24) is 0 Å². The second kappa shape index (κ2) is 2.69. The van der Waals surface area contributed by atoms with Crippen LogP contribution in [-0.2, 0) is 4.74 Å². The molecule has 11 heavy (non-hydrogen) atoms. The summed E-state index contributed by atoms with van der Waals surface area (Å²) in [6.45, 7) is 0.810. The largest absolute Gasteiger partial charge is 0.394 e. The molecule has 1 aliphatic rings. The van der Waals surface area contributed by atoms with E-state index in [2.05, 4.69) is 0 Å². The molecule has 0 aliphatic carbocycles. The zero-order valence-corrected chi connectivity index (χ0v) is 6.14. The van der Waals surface area contributed by atoms with Crippen LogP contribution in [-0.4, -0.2) is 51.1 Å². The molecule has 0 aromatic carbocycles. The van der Waals surface area contributed by atoms with Crippen LogP contribution in [0, 0.1) is 0 Å². The van der Waals surface area contributed by atoms with Crippen molar-refractivity contribution in [2.45, 2.75) is 31.0 Å². The molecule has 4 unspecified atom stereocenters. The van der Waals surface area contributed by atoms with E-state index in [1.807, 2.05) is 0 Å². The SMILES string of the molecule is CC1(O)OC(CO)C(O)C1O. The Morgan fingerprint density at radius 1 is 1.45 bits per heavy atom. The minimum absolute atomic E-state index is 0.422. The molecule has 0 aromatic heterocycles. The summed E-state index contributed by atoms with van der Waals surface area (Å²) in [4.78, 5) is 0. The van der Waals surface area contributed by atoms with Crippen LogP contribution < -0.4 is 0 Å². The van der Waals surface area contributed by atoms with Gasteiger partial charge in [0.05, 0.1) is 6.61 Å². The Labute approximate surface area is 63.8 Å². The Morgan fingerprint density at radius 2 is 2.00 bits per heavy atom. The molecule has 5 heteroatoms. The number of hydrogen-bond acceptors (Lipinski definition) is 5. The first-order valence-corrected chi connectivity index (χ1v) is 3.36. The Bertz CT molecular complexity index is 146. The first-order valence-electron chi connectivity index (χ1n) is 3.36. The standard InChI is InChI=1S/C6H12O5/c1-6(10)5(9)4(8)3(2-7)11-6/h3-5,7-10H,2H2,1H3. The molecule has 0 bridgehead atoms. The highest BCUT2D eigenvalue weighted by molar-refractivity contribution is 4.92. The van der Waals surface area contributed by atoms with Gasteiger partial charge in [-0.1, -0.05) is 0 Å². The number of rotatable bonds is 1. The van der Waals surface area contributed by atoms with E-state index >= 15 is 0 Å². The molecular formula is C6H12O5. The maximum Gasteiger partial charge on any atom is 0.192 e. The number of hydrogen-bond donors (Lipinski definition) is 4. The molecule has 1 heterocycles. The molecule has 66 valence electrons. The predicted molar refractivity (Wildman–Crippen MR) is 34.6 cm³/mol. The second-order valence-electron chi connectivity index (χ2n) is 2.83. The zero-order chi connectivity index (χ0) is 8.65. The first kappa shape index (κ1) is 8.89. The van der Waals surface area contributed by atoms with Crippen molar-refractivity contribution >= 4 is 0 Å². The van der Waals surface area contributed by atoms with E-state index < -0.39 is 30.7 Å². The second-order valence-corrected chi connectivity index (χ2v) is 2.83. The van der Waals surface area contributed by atoms with Crippen LogP contribution in [0.5, 0.6) is 0 Å². The minimum Gasteiger partial charge on any atom is -0.394 e. The van der Waals surface area contributed by atoms with Crippen molar-refractivity contribution in [3.05, 3.63) is 0 Å². The van der Waals surface area contributed by atoms with Crippen molar-refractivity contribution < 1.29 is 25.2 Å². The molecule has 0 radical (unpaired) electrons. The molecule has 0 amide bonds. The lowest BCUT2D eigenvalue weighted by molar-refractivity contribution is -0.217. The third-order valence-electron chi connectivity index (χ3n) is 1.82. The summed E-state index contributed by atoms with van der Waals surface area (Å²) in [7, 11) is 0. The third-order valence-corrected chi connectivity index (χ3v) is 1.82. The highest BCUT2D eigenvalue weighted by atomic mass is 16.7. The fourth-order valence-corrected chi connectivity index (χ4v) is 1.11. The predicted octanol–water partition coefficient (Wildman–Crippen LogP) is -2.19. The van der Waals surface area contributed by atoms with E-state index in [0.717, 1.165) is 0 Å². The lowest BCUT2D eigenvalue weighted by Gasteiger charge is -2.19. The van der Waals surface area contributed by atoms with Gasteiger partial charge < -0.3 is 25.2 Å². The molecule has 1 fully saturated rings. The number of aliphatic hydroxyl groups is 4. The summed E-state index contributed by atoms with van der Waals surface area (Å²) >= 11 is 0. The van der Waals surface area contributed by atoms with Crippen LogP contribution >= 0.6 is 0 Å². The lowest BCUT2D eigenvalue weighted by Crippen LogP contribution is -2.40. The van der Waals surface area contributed by atoms with Gasteiger partial charge in [-0.3, -0.25) is 0 Å². The van der Waals surface area contributed by atoms with Gasteiger partial charge in [0, 0.05) is 0 Å². The average molecular weight is 164 g/mol. The van der Waals surface area contributed by atoms with E-state index in [4.69, 9.17) is 20.1 Å². The van der Waals surface area contributed by atoms with Gasteiger partial charge in [0.25, 0.3) is 0 Å². The van der Waals surface area contributed by atoms with Crippen LogP contribution in [0.25, 0.3) is 0 Å². The summed E-state index contributed by atoms with van der Waals surface area (Å²) < 4.78 is 4.73. The van der Waals surface area contributed by atoms with E-state index in [0.29, 0.717) is 0 Å². The summed E-state index contributed by atoms with van der Waals surface area (Å²) in [6, 6.07) is 0. The van der Waals surface area contributed by atoms with Gasteiger partial charge in [-0.2, -0.15) is 0 Å². The van der Waals surface area contributed by atoms with Gasteiger partial charge in [-0.05, 0) is 6.92 Å². The Balaban J connectivity index is 2.69. The topological polar surface area (TPSA) is 90.2 Å². The molecule has 1 saturated heterocycles. The van der Waals surface area contributed by atoms with Crippen molar-refractivity contribution in [3.63, 3.8) is 0 Å². The van der Waals surface area contributed by atoms with E-state index in [-0.39, 0.29) is 0 Å².